The Balaban J connectivity index is 2.24. The minimum atomic E-state index is -0.331. The van der Waals surface area contributed by atoms with Gasteiger partial charge in [0.2, 0.25) is 0 Å². The Morgan fingerprint density at radius 3 is 2.26 bits per heavy atom. The van der Waals surface area contributed by atoms with Crippen LogP contribution in [0.1, 0.15) is 19.4 Å². The first-order valence-corrected chi connectivity index (χ1v) is 7.05. The van der Waals surface area contributed by atoms with E-state index >= 15 is 0 Å². The largest absolute Gasteiger partial charge is 0.269 e. The molecule has 3 aromatic rings. The predicted octanol–water partition coefficient (Wildman–Crippen LogP) is 3.85. The molecule has 0 amide bonds. The lowest BCUT2D eigenvalue weighted by atomic mass is 9.95. The SMILES string of the molecule is CC(C)(c1ccccc1)n1sc2ccccc2c1=O. The minimum absolute atomic E-state index is 0.0921. The van der Waals surface area contributed by atoms with Crippen molar-refractivity contribution < 1.29 is 0 Å². The molecular weight excluding hydrogens is 254 g/mol. The quantitative estimate of drug-likeness (QED) is 0.692. The van der Waals surface area contributed by atoms with Gasteiger partial charge in [0.1, 0.15) is 0 Å². The van der Waals surface area contributed by atoms with E-state index in [1.54, 1.807) is 0 Å². The summed E-state index contributed by atoms with van der Waals surface area (Å²) in [5.74, 6) is 0. The summed E-state index contributed by atoms with van der Waals surface area (Å²) in [6.07, 6.45) is 0. The third-order valence-electron chi connectivity index (χ3n) is 3.48. The number of benzene rings is 2. The van der Waals surface area contributed by atoms with Gasteiger partial charge in [-0.25, -0.2) is 0 Å². The van der Waals surface area contributed by atoms with Gasteiger partial charge < -0.3 is 0 Å². The number of rotatable bonds is 2. The van der Waals surface area contributed by atoms with Gasteiger partial charge in [-0.2, -0.15) is 0 Å². The van der Waals surface area contributed by atoms with Crippen LogP contribution in [0.4, 0.5) is 0 Å². The molecule has 2 nitrogen and oxygen atoms in total. The zero-order chi connectivity index (χ0) is 13.5. The molecule has 0 aliphatic heterocycles. The minimum Gasteiger partial charge on any atom is -0.268 e. The van der Waals surface area contributed by atoms with Crippen LogP contribution in [0, 0.1) is 0 Å². The van der Waals surface area contributed by atoms with Crippen LogP contribution >= 0.6 is 11.5 Å². The summed E-state index contributed by atoms with van der Waals surface area (Å²) in [7, 11) is 0. The maximum absolute atomic E-state index is 12.5. The van der Waals surface area contributed by atoms with E-state index in [1.807, 2.05) is 46.4 Å². The highest BCUT2D eigenvalue weighted by Gasteiger charge is 2.26. The van der Waals surface area contributed by atoms with E-state index < -0.39 is 0 Å². The van der Waals surface area contributed by atoms with Crippen LogP contribution in [-0.2, 0) is 5.54 Å². The molecule has 0 aliphatic carbocycles. The Hall–Kier alpha value is -1.87. The van der Waals surface area contributed by atoms with Crippen molar-refractivity contribution in [2.24, 2.45) is 0 Å². The Bertz CT molecular complexity index is 768. The number of hydrogen-bond acceptors (Lipinski definition) is 2. The summed E-state index contributed by atoms with van der Waals surface area (Å²) < 4.78 is 2.91. The van der Waals surface area contributed by atoms with E-state index in [4.69, 9.17) is 0 Å². The smallest absolute Gasteiger partial charge is 0.268 e. The van der Waals surface area contributed by atoms with E-state index in [-0.39, 0.29) is 11.1 Å². The number of fused-ring (bicyclic) bond motifs is 1. The Labute approximate surface area is 116 Å². The van der Waals surface area contributed by atoms with Crippen molar-refractivity contribution in [3.8, 4) is 0 Å². The van der Waals surface area contributed by atoms with Crippen LogP contribution in [0.5, 0.6) is 0 Å². The van der Waals surface area contributed by atoms with Crippen molar-refractivity contribution in [1.82, 2.24) is 3.96 Å². The van der Waals surface area contributed by atoms with Crippen molar-refractivity contribution in [1.29, 1.82) is 0 Å². The first-order chi connectivity index (χ1) is 9.10. The molecule has 1 aromatic heterocycles. The molecule has 0 N–H and O–H groups in total. The van der Waals surface area contributed by atoms with Gasteiger partial charge in [-0.3, -0.25) is 8.75 Å². The summed E-state index contributed by atoms with van der Waals surface area (Å²) in [6.45, 7) is 4.16. The fourth-order valence-corrected chi connectivity index (χ4v) is 3.41. The van der Waals surface area contributed by atoms with E-state index in [9.17, 15) is 4.79 Å². The van der Waals surface area contributed by atoms with E-state index in [0.717, 1.165) is 15.6 Å². The molecule has 0 bridgehead atoms. The molecule has 0 saturated carbocycles. The molecule has 19 heavy (non-hydrogen) atoms. The standard InChI is InChI=1S/C16H15NOS/c1-16(2,12-8-4-3-5-9-12)17-15(18)13-10-6-7-11-14(13)19-17/h3-11H,1-2H3. The number of nitrogens with zero attached hydrogens (tertiary/aromatic N) is 1. The van der Waals surface area contributed by atoms with Gasteiger partial charge in [0.05, 0.1) is 15.6 Å². The summed E-state index contributed by atoms with van der Waals surface area (Å²) >= 11 is 1.53. The zero-order valence-corrected chi connectivity index (χ0v) is 11.8. The van der Waals surface area contributed by atoms with Crippen molar-refractivity contribution in [3.63, 3.8) is 0 Å². The molecule has 0 atom stereocenters. The number of aromatic nitrogens is 1. The predicted molar refractivity (Wildman–Crippen MR) is 81.0 cm³/mol. The summed E-state index contributed by atoms with van der Waals surface area (Å²) in [6, 6.07) is 17.9. The highest BCUT2D eigenvalue weighted by Crippen LogP contribution is 2.28. The Morgan fingerprint density at radius 2 is 1.58 bits per heavy atom. The molecule has 3 rings (SSSR count). The van der Waals surface area contributed by atoms with Crippen LogP contribution in [0.3, 0.4) is 0 Å². The maximum Gasteiger partial charge on any atom is 0.269 e. The van der Waals surface area contributed by atoms with E-state index in [2.05, 4.69) is 26.0 Å². The van der Waals surface area contributed by atoms with Crippen LogP contribution in [0.2, 0.25) is 0 Å². The third kappa shape index (κ3) is 1.90. The maximum atomic E-state index is 12.5. The summed E-state index contributed by atoms with van der Waals surface area (Å²) in [5.41, 5.74) is 0.903. The van der Waals surface area contributed by atoms with Gasteiger partial charge >= 0.3 is 0 Å². The average Bonchev–Trinajstić information content (AvgIpc) is 2.78. The summed E-state index contributed by atoms with van der Waals surface area (Å²) in [5, 5.41) is 0.802. The lowest BCUT2D eigenvalue weighted by molar-refractivity contribution is 0.461. The second-order valence-electron chi connectivity index (χ2n) is 5.11. The molecule has 2 aromatic carbocycles. The van der Waals surface area contributed by atoms with Crippen molar-refractivity contribution >= 4 is 21.6 Å². The van der Waals surface area contributed by atoms with Gasteiger partial charge in [-0.05, 0) is 31.5 Å². The topological polar surface area (TPSA) is 22.0 Å². The Morgan fingerprint density at radius 1 is 0.947 bits per heavy atom. The van der Waals surface area contributed by atoms with Gasteiger partial charge in [-0.1, -0.05) is 54.0 Å². The van der Waals surface area contributed by atoms with E-state index in [0.29, 0.717) is 0 Å². The van der Waals surface area contributed by atoms with Crippen LogP contribution in [-0.4, -0.2) is 3.96 Å². The van der Waals surface area contributed by atoms with Crippen LogP contribution in [0.25, 0.3) is 10.1 Å². The molecule has 0 fully saturated rings. The molecular formula is C16H15NOS. The van der Waals surface area contributed by atoms with Crippen molar-refractivity contribution in [2.45, 2.75) is 19.4 Å². The monoisotopic (exact) mass is 269 g/mol. The fourth-order valence-electron chi connectivity index (χ4n) is 2.30. The van der Waals surface area contributed by atoms with Gasteiger partial charge in [0.15, 0.2) is 0 Å². The number of hydrogen-bond donors (Lipinski definition) is 0. The molecule has 1 heterocycles. The highest BCUT2D eigenvalue weighted by atomic mass is 32.1. The fraction of sp³-hybridized carbons (Fsp3) is 0.188. The van der Waals surface area contributed by atoms with Crippen LogP contribution in [0.15, 0.2) is 59.4 Å². The summed E-state index contributed by atoms with van der Waals surface area (Å²) in [4.78, 5) is 12.5. The van der Waals surface area contributed by atoms with Crippen LogP contribution < -0.4 is 5.56 Å². The molecule has 0 spiro atoms. The van der Waals surface area contributed by atoms with Gasteiger partial charge in [0.25, 0.3) is 5.56 Å². The van der Waals surface area contributed by atoms with Crippen molar-refractivity contribution in [2.75, 3.05) is 0 Å². The van der Waals surface area contributed by atoms with Gasteiger partial charge in [0, 0.05) is 0 Å². The second kappa shape index (κ2) is 4.35. The Kier molecular flexibility index (Phi) is 2.79. The molecule has 0 unspecified atom stereocenters. The first-order valence-electron chi connectivity index (χ1n) is 6.28. The lowest BCUT2D eigenvalue weighted by Crippen LogP contribution is -2.33. The molecule has 0 aliphatic rings. The second-order valence-corrected chi connectivity index (χ2v) is 6.10. The third-order valence-corrected chi connectivity index (χ3v) is 4.84. The van der Waals surface area contributed by atoms with E-state index in [1.165, 1.54) is 11.5 Å². The molecule has 3 heteroatoms. The first kappa shape index (κ1) is 12.2. The molecule has 96 valence electrons. The normalized spacial score (nSPS) is 11.9. The zero-order valence-electron chi connectivity index (χ0n) is 11.0. The molecule has 0 radical (unpaired) electrons. The highest BCUT2D eigenvalue weighted by molar-refractivity contribution is 7.13. The average molecular weight is 269 g/mol. The van der Waals surface area contributed by atoms with Crippen molar-refractivity contribution in [3.05, 3.63) is 70.5 Å². The van der Waals surface area contributed by atoms with Gasteiger partial charge in [-0.15, -0.1) is 0 Å². The molecule has 0 saturated heterocycles. The lowest BCUT2D eigenvalue weighted by Gasteiger charge is -2.25.